The van der Waals surface area contributed by atoms with Crippen molar-refractivity contribution in [1.82, 2.24) is 5.32 Å². The van der Waals surface area contributed by atoms with Crippen LogP contribution in [-0.2, 0) is 15.7 Å². The van der Waals surface area contributed by atoms with Gasteiger partial charge in [-0.25, -0.2) is 9.18 Å². The van der Waals surface area contributed by atoms with Gasteiger partial charge in [0.25, 0.3) is 0 Å². The second-order valence-electron chi connectivity index (χ2n) is 5.84. The summed E-state index contributed by atoms with van der Waals surface area (Å²) < 4.78 is 56.5. The number of alkyl halides is 3. The quantitative estimate of drug-likeness (QED) is 0.668. The van der Waals surface area contributed by atoms with E-state index in [1.165, 1.54) is 0 Å². The zero-order chi connectivity index (χ0) is 17.8. The number of carbonyl (C=O) groups excluding carboxylic acids is 2. The van der Waals surface area contributed by atoms with Gasteiger partial charge in [-0.3, -0.25) is 0 Å². The number of aldehydes is 1. The largest absolute Gasteiger partial charge is 0.444 e. The standard InChI is InChI=1S/C15H17F4NO3/c1-14(2,3)23-13(22)20-12(6-7-21)9-4-5-11(16)10(8-9)15(17,18)19/h4-5,7-8,12H,6H2,1-3H3,(H,20,22)/t12-/m1/s1. The molecule has 0 radical (unpaired) electrons. The molecule has 4 nitrogen and oxygen atoms in total. The first kappa shape index (κ1) is 18.9. The van der Waals surface area contributed by atoms with E-state index in [1.54, 1.807) is 20.8 Å². The van der Waals surface area contributed by atoms with Gasteiger partial charge in [-0.05, 0) is 38.5 Å². The maximum absolute atomic E-state index is 13.3. The topological polar surface area (TPSA) is 55.4 Å². The highest BCUT2D eigenvalue weighted by Gasteiger charge is 2.35. The van der Waals surface area contributed by atoms with Gasteiger partial charge in [0, 0.05) is 6.42 Å². The Bertz CT molecular complexity index is 579. The fourth-order valence-electron chi connectivity index (χ4n) is 1.80. The van der Waals surface area contributed by atoms with E-state index in [2.05, 4.69) is 5.32 Å². The molecule has 0 aliphatic carbocycles. The molecule has 0 heterocycles. The predicted octanol–water partition coefficient (Wildman–Crippen LogP) is 4.00. The highest BCUT2D eigenvalue weighted by molar-refractivity contribution is 5.69. The second-order valence-corrected chi connectivity index (χ2v) is 5.84. The Labute approximate surface area is 130 Å². The van der Waals surface area contributed by atoms with Gasteiger partial charge in [0.15, 0.2) is 0 Å². The van der Waals surface area contributed by atoms with Crippen molar-refractivity contribution in [1.29, 1.82) is 0 Å². The Morgan fingerprint density at radius 2 is 1.91 bits per heavy atom. The Balaban J connectivity index is 3.06. The Kier molecular flexibility index (Phi) is 5.74. The van der Waals surface area contributed by atoms with Crippen molar-refractivity contribution in [2.75, 3.05) is 0 Å². The van der Waals surface area contributed by atoms with E-state index >= 15 is 0 Å². The van der Waals surface area contributed by atoms with Crippen LogP contribution in [0.5, 0.6) is 0 Å². The lowest BCUT2D eigenvalue weighted by atomic mass is 10.0. The van der Waals surface area contributed by atoms with Crippen LogP contribution in [0.2, 0.25) is 0 Å². The molecule has 0 unspecified atom stereocenters. The molecule has 0 saturated heterocycles. The number of amides is 1. The van der Waals surface area contributed by atoms with Gasteiger partial charge in [-0.1, -0.05) is 6.07 Å². The fraction of sp³-hybridized carbons (Fsp3) is 0.467. The molecule has 1 rings (SSSR count). The smallest absolute Gasteiger partial charge is 0.419 e. The van der Waals surface area contributed by atoms with Crippen molar-refractivity contribution in [3.05, 3.63) is 35.1 Å². The highest BCUT2D eigenvalue weighted by Crippen LogP contribution is 2.33. The van der Waals surface area contributed by atoms with E-state index in [9.17, 15) is 27.2 Å². The molecule has 0 fully saturated rings. The lowest BCUT2D eigenvalue weighted by Crippen LogP contribution is -2.35. The minimum Gasteiger partial charge on any atom is -0.444 e. The number of halogens is 4. The fourth-order valence-corrected chi connectivity index (χ4v) is 1.80. The summed E-state index contributed by atoms with van der Waals surface area (Å²) in [5.41, 5.74) is -2.32. The monoisotopic (exact) mass is 335 g/mol. The average molecular weight is 335 g/mol. The summed E-state index contributed by atoms with van der Waals surface area (Å²) in [6.07, 6.45) is -5.60. The molecular formula is C15H17F4NO3. The van der Waals surface area contributed by atoms with E-state index in [4.69, 9.17) is 4.74 Å². The molecule has 0 aliphatic rings. The van der Waals surface area contributed by atoms with Crippen LogP contribution in [0, 0.1) is 5.82 Å². The molecule has 0 spiro atoms. The molecular weight excluding hydrogens is 318 g/mol. The molecule has 0 aromatic heterocycles. The maximum atomic E-state index is 13.3. The van der Waals surface area contributed by atoms with Crippen LogP contribution in [0.4, 0.5) is 22.4 Å². The Morgan fingerprint density at radius 1 is 1.30 bits per heavy atom. The summed E-state index contributed by atoms with van der Waals surface area (Å²) in [5.74, 6) is -1.43. The van der Waals surface area contributed by atoms with Crippen LogP contribution < -0.4 is 5.32 Å². The van der Waals surface area contributed by atoms with Gasteiger partial charge in [0.05, 0.1) is 11.6 Å². The van der Waals surface area contributed by atoms with Crippen molar-refractivity contribution in [2.45, 2.75) is 45.0 Å². The normalized spacial score (nSPS) is 13.3. The van der Waals surface area contributed by atoms with Gasteiger partial charge in [-0.15, -0.1) is 0 Å². The number of carbonyl (C=O) groups is 2. The van der Waals surface area contributed by atoms with E-state index in [0.717, 1.165) is 6.07 Å². The minimum atomic E-state index is -4.88. The van der Waals surface area contributed by atoms with Gasteiger partial charge in [0.2, 0.25) is 0 Å². The third-order valence-electron chi connectivity index (χ3n) is 2.72. The number of nitrogens with one attached hydrogen (secondary N) is 1. The van der Waals surface area contributed by atoms with Crippen molar-refractivity contribution in [2.24, 2.45) is 0 Å². The SMILES string of the molecule is CC(C)(C)OC(=O)N[C@H](CC=O)c1ccc(F)c(C(F)(F)F)c1. The summed E-state index contributed by atoms with van der Waals surface area (Å²) in [7, 11) is 0. The average Bonchev–Trinajstić information content (AvgIpc) is 2.35. The van der Waals surface area contributed by atoms with E-state index in [0.29, 0.717) is 18.4 Å². The van der Waals surface area contributed by atoms with E-state index < -0.39 is 35.3 Å². The second kappa shape index (κ2) is 6.97. The number of ether oxygens (including phenoxy) is 1. The molecule has 0 saturated carbocycles. The van der Waals surface area contributed by atoms with Crippen molar-refractivity contribution in [3.63, 3.8) is 0 Å². The maximum Gasteiger partial charge on any atom is 0.419 e. The van der Waals surface area contributed by atoms with Gasteiger partial charge >= 0.3 is 12.3 Å². The van der Waals surface area contributed by atoms with Crippen LogP contribution in [0.3, 0.4) is 0 Å². The number of hydrogen-bond acceptors (Lipinski definition) is 3. The molecule has 1 amide bonds. The van der Waals surface area contributed by atoms with Crippen molar-refractivity contribution in [3.8, 4) is 0 Å². The molecule has 0 bridgehead atoms. The first-order valence-electron chi connectivity index (χ1n) is 6.74. The number of hydrogen-bond donors (Lipinski definition) is 1. The lowest BCUT2D eigenvalue weighted by molar-refractivity contribution is -0.140. The zero-order valence-corrected chi connectivity index (χ0v) is 12.8. The molecule has 23 heavy (non-hydrogen) atoms. The molecule has 128 valence electrons. The lowest BCUT2D eigenvalue weighted by Gasteiger charge is -2.23. The molecule has 1 atom stereocenters. The van der Waals surface area contributed by atoms with E-state index in [1.807, 2.05) is 0 Å². The number of alkyl carbamates (subject to hydrolysis) is 1. The summed E-state index contributed by atoms with van der Waals surface area (Å²) in [5, 5.41) is 2.31. The summed E-state index contributed by atoms with van der Waals surface area (Å²) in [6, 6.07) is 1.24. The van der Waals surface area contributed by atoms with E-state index in [-0.39, 0.29) is 12.0 Å². The molecule has 1 N–H and O–H groups in total. The summed E-state index contributed by atoms with van der Waals surface area (Å²) >= 11 is 0. The van der Waals surface area contributed by atoms with Gasteiger partial charge in [0.1, 0.15) is 17.7 Å². The molecule has 1 aromatic carbocycles. The van der Waals surface area contributed by atoms with Crippen LogP contribution in [0.1, 0.15) is 44.4 Å². The Morgan fingerprint density at radius 3 is 2.39 bits per heavy atom. The van der Waals surface area contributed by atoms with Crippen LogP contribution >= 0.6 is 0 Å². The minimum absolute atomic E-state index is 0.0447. The highest BCUT2D eigenvalue weighted by atomic mass is 19.4. The predicted molar refractivity (Wildman–Crippen MR) is 74.2 cm³/mol. The first-order valence-corrected chi connectivity index (χ1v) is 6.74. The van der Waals surface area contributed by atoms with Crippen LogP contribution in [0.25, 0.3) is 0 Å². The molecule has 1 aromatic rings. The number of rotatable bonds is 4. The first-order chi connectivity index (χ1) is 10.4. The van der Waals surface area contributed by atoms with Crippen molar-refractivity contribution < 1.29 is 31.9 Å². The van der Waals surface area contributed by atoms with Crippen LogP contribution in [-0.4, -0.2) is 18.0 Å². The molecule has 0 aliphatic heterocycles. The summed E-state index contributed by atoms with van der Waals surface area (Å²) in [4.78, 5) is 22.4. The van der Waals surface area contributed by atoms with Crippen molar-refractivity contribution >= 4 is 12.4 Å². The number of benzene rings is 1. The Hall–Kier alpha value is -2.12. The summed E-state index contributed by atoms with van der Waals surface area (Å²) in [6.45, 7) is 4.84. The third-order valence-corrected chi connectivity index (χ3v) is 2.72. The third kappa shape index (κ3) is 5.88. The van der Waals surface area contributed by atoms with Gasteiger partial charge in [-0.2, -0.15) is 13.2 Å². The zero-order valence-electron chi connectivity index (χ0n) is 12.8. The molecule has 8 heteroatoms. The van der Waals surface area contributed by atoms with Gasteiger partial charge < -0.3 is 14.8 Å². The van der Waals surface area contributed by atoms with Crippen LogP contribution in [0.15, 0.2) is 18.2 Å².